The fraction of sp³-hybridized carbons (Fsp3) is 0.538. The smallest absolute Gasteiger partial charge is 0.121 e. The highest BCUT2D eigenvalue weighted by Crippen LogP contribution is 2.19. The Morgan fingerprint density at radius 1 is 1.47 bits per heavy atom. The summed E-state index contributed by atoms with van der Waals surface area (Å²) in [6.07, 6.45) is 0. The number of aryl methyl sites for hydroxylation is 1. The molecule has 1 aromatic carbocycles. The van der Waals surface area contributed by atoms with E-state index >= 15 is 0 Å². The van der Waals surface area contributed by atoms with Crippen molar-refractivity contribution in [2.24, 2.45) is 5.73 Å². The van der Waals surface area contributed by atoms with Crippen LogP contribution in [-0.2, 0) is 6.54 Å². The number of likely N-dealkylation sites (N-methyl/N-ethyl adjacent to an activating group) is 1. The Morgan fingerprint density at radius 3 is 2.71 bits per heavy atom. The molecule has 0 saturated heterocycles. The molecule has 1 rings (SSSR count). The molecule has 1 atom stereocenters. The van der Waals surface area contributed by atoms with Gasteiger partial charge in [0.1, 0.15) is 5.75 Å². The fourth-order valence-electron chi connectivity index (χ4n) is 1.87. The quantitative estimate of drug-likeness (QED) is 0.768. The number of hydrogen-bond donors (Lipinski definition) is 2. The number of rotatable bonds is 6. The van der Waals surface area contributed by atoms with Crippen molar-refractivity contribution in [2.75, 3.05) is 27.3 Å². The summed E-state index contributed by atoms with van der Waals surface area (Å²) < 4.78 is 5.22. The van der Waals surface area contributed by atoms with E-state index in [-0.39, 0.29) is 12.6 Å². The van der Waals surface area contributed by atoms with Crippen LogP contribution in [0.25, 0.3) is 0 Å². The highest BCUT2D eigenvalue weighted by atomic mass is 16.5. The van der Waals surface area contributed by atoms with E-state index in [1.807, 2.05) is 26.1 Å². The number of aliphatic hydroxyl groups is 1. The predicted octanol–water partition coefficient (Wildman–Crippen LogP) is 0.755. The molecule has 0 bridgehead atoms. The first-order valence-corrected chi connectivity index (χ1v) is 5.75. The van der Waals surface area contributed by atoms with Gasteiger partial charge in [0.15, 0.2) is 0 Å². The van der Waals surface area contributed by atoms with E-state index in [1.54, 1.807) is 7.11 Å². The van der Waals surface area contributed by atoms with Gasteiger partial charge in [-0.3, -0.25) is 0 Å². The maximum absolute atomic E-state index is 8.89. The molecule has 17 heavy (non-hydrogen) atoms. The normalized spacial score (nSPS) is 12.8. The van der Waals surface area contributed by atoms with Gasteiger partial charge in [-0.2, -0.15) is 0 Å². The zero-order valence-corrected chi connectivity index (χ0v) is 10.8. The molecule has 3 N–H and O–H groups in total. The van der Waals surface area contributed by atoms with Gasteiger partial charge in [0.25, 0.3) is 0 Å². The van der Waals surface area contributed by atoms with Gasteiger partial charge in [0, 0.05) is 19.1 Å². The van der Waals surface area contributed by atoms with E-state index in [2.05, 4.69) is 11.0 Å². The molecule has 0 aliphatic rings. The largest absolute Gasteiger partial charge is 0.496 e. The summed E-state index contributed by atoms with van der Waals surface area (Å²) in [6, 6.07) is 5.95. The third kappa shape index (κ3) is 4.34. The Balaban J connectivity index is 2.59. The van der Waals surface area contributed by atoms with Crippen LogP contribution in [0.3, 0.4) is 0 Å². The number of hydrogen-bond acceptors (Lipinski definition) is 4. The van der Waals surface area contributed by atoms with Crippen LogP contribution in [0.15, 0.2) is 18.2 Å². The Bertz CT molecular complexity index is 355. The molecule has 0 aliphatic carbocycles. The summed E-state index contributed by atoms with van der Waals surface area (Å²) in [4.78, 5) is 2.10. The second kappa shape index (κ2) is 6.59. The first-order valence-electron chi connectivity index (χ1n) is 5.75. The first-order chi connectivity index (χ1) is 8.06. The molecule has 0 heterocycles. The fourth-order valence-corrected chi connectivity index (χ4v) is 1.87. The van der Waals surface area contributed by atoms with E-state index in [9.17, 15) is 0 Å². The standard InChI is InChI=1S/C13H22N2O2/c1-10-6-11(4-5-13(10)17-3)7-15(2)8-12(14)9-16/h4-6,12,16H,7-9,14H2,1-3H3. The van der Waals surface area contributed by atoms with Crippen molar-refractivity contribution in [2.45, 2.75) is 19.5 Å². The van der Waals surface area contributed by atoms with Crippen molar-refractivity contribution in [1.29, 1.82) is 0 Å². The lowest BCUT2D eigenvalue weighted by Crippen LogP contribution is -2.37. The zero-order chi connectivity index (χ0) is 12.8. The lowest BCUT2D eigenvalue weighted by atomic mass is 10.1. The van der Waals surface area contributed by atoms with Crippen LogP contribution in [0.2, 0.25) is 0 Å². The molecule has 1 unspecified atom stereocenters. The van der Waals surface area contributed by atoms with Crippen molar-refractivity contribution in [3.63, 3.8) is 0 Å². The molecule has 4 heteroatoms. The van der Waals surface area contributed by atoms with Gasteiger partial charge < -0.3 is 20.5 Å². The lowest BCUT2D eigenvalue weighted by molar-refractivity contribution is 0.218. The summed E-state index contributed by atoms with van der Waals surface area (Å²) in [5.41, 5.74) is 8.04. The van der Waals surface area contributed by atoms with E-state index in [1.165, 1.54) is 5.56 Å². The third-order valence-corrected chi connectivity index (χ3v) is 2.69. The second-order valence-electron chi connectivity index (χ2n) is 4.44. The molecular formula is C13H22N2O2. The molecule has 96 valence electrons. The molecule has 0 spiro atoms. The van der Waals surface area contributed by atoms with E-state index in [4.69, 9.17) is 15.6 Å². The topological polar surface area (TPSA) is 58.7 Å². The highest BCUT2D eigenvalue weighted by Gasteiger charge is 2.07. The average molecular weight is 238 g/mol. The summed E-state index contributed by atoms with van der Waals surface area (Å²) in [5.74, 6) is 0.906. The Hall–Kier alpha value is -1.10. The number of aliphatic hydroxyl groups excluding tert-OH is 1. The van der Waals surface area contributed by atoms with Crippen molar-refractivity contribution in [3.05, 3.63) is 29.3 Å². The van der Waals surface area contributed by atoms with Crippen LogP contribution < -0.4 is 10.5 Å². The number of ether oxygens (including phenoxy) is 1. The highest BCUT2D eigenvalue weighted by molar-refractivity contribution is 5.36. The molecule has 4 nitrogen and oxygen atoms in total. The van der Waals surface area contributed by atoms with Crippen LogP contribution in [-0.4, -0.2) is 43.4 Å². The molecule has 0 fully saturated rings. The minimum Gasteiger partial charge on any atom is -0.496 e. The molecule has 0 aliphatic heterocycles. The van der Waals surface area contributed by atoms with Crippen molar-refractivity contribution >= 4 is 0 Å². The molecule has 1 aromatic rings. The van der Waals surface area contributed by atoms with Gasteiger partial charge in [-0.1, -0.05) is 12.1 Å². The zero-order valence-electron chi connectivity index (χ0n) is 10.8. The summed E-state index contributed by atoms with van der Waals surface area (Å²) in [6.45, 7) is 3.55. The van der Waals surface area contributed by atoms with E-state index < -0.39 is 0 Å². The minimum absolute atomic E-state index is 0.0198. The van der Waals surface area contributed by atoms with Crippen LogP contribution in [0.5, 0.6) is 5.75 Å². The average Bonchev–Trinajstić information content (AvgIpc) is 2.29. The van der Waals surface area contributed by atoms with Crippen molar-refractivity contribution < 1.29 is 9.84 Å². The number of nitrogens with two attached hydrogens (primary N) is 1. The number of nitrogens with zero attached hydrogens (tertiary/aromatic N) is 1. The Morgan fingerprint density at radius 2 is 2.18 bits per heavy atom. The third-order valence-electron chi connectivity index (χ3n) is 2.69. The molecule has 0 radical (unpaired) electrons. The van der Waals surface area contributed by atoms with Crippen LogP contribution in [0, 0.1) is 6.92 Å². The summed E-state index contributed by atoms with van der Waals surface area (Å²) >= 11 is 0. The summed E-state index contributed by atoms with van der Waals surface area (Å²) in [7, 11) is 3.67. The van der Waals surface area contributed by atoms with Crippen molar-refractivity contribution in [1.82, 2.24) is 4.90 Å². The van der Waals surface area contributed by atoms with Gasteiger partial charge in [-0.25, -0.2) is 0 Å². The SMILES string of the molecule is COc1ccc(CN(C)CC(N)CO)cc1C. The minimum atomic E-state index is -0.181. The molecule has 0 amide bonds. The second-order valence-corrected chi connectivity index (χ2v) is 4.44. The monoisotopic (exact) mass is 238 g/mol. The van der Waals surface area contributed by atoms with Crippen molar-refractivity contribution in [3.8, 4) is 5.75 Å². The van der Waals surface area contributed by atoms with Gasteiger partial charge in [-0.15, -0.1) is 0 Å². The Kier molecular flexibility index (Phi) is 5.41. The number of methoxy groups -OCH3 is 1. The van der Waals surface area contributed by atoms with Crippen LogP contribution in [0.1, 0.15) is 11.1 Å². The maximum atomic E-state index is 8.89. The molecular weight excluding hydrogens is 216 g/mol. The van der Waals surface area contributed by atoms with Crippen LogP contribution >= 0.6 is 0 Å². The lowest BCUT2D eigenvalue weighted by Gasteiger charge is -2.20. The predicted molar refractivity (Wildman–Crippen MR) is 69.1 cm³/mol. The Labute approximate surface area is 103 Å². The van der Waals surface area contributed by atoms with Gasteiger partial charge in [0.2, 0.25) is 0 Å². The summed E-state index contributed by atoms with van der Waals surface area (Å²) in [5, 5.41) is 8.89. The van der Waals surface area contributed by atoms with Gasteiger partial charge in [0.05, 0.1) is 13.7 Å². The molecule has 0 aromatic heterocycles. The van der Waals surface area contributed by atoms with E-state index in [0.29, 0.717) is 6.54 Å². The van der Waals surface area contributed by atoms with Gasteiger partial charge >= 0.3 is 0 Å². The number of benzene rings is 1. The van der Waals surface area contributed by atoms with Crippen LogP contribution in [0.4, 0.5) is 0 Å². The van der Waals surface area contributed by atoms with E-state index in [0.717, 1.165) is 17.9 Å². The maximum Gasteiger partial charge on any atom is 0.121 e. The molecule has 0 saturated carbocycles. The van der Waals surface area contributed by atoms with Gasteiger partial charge in [-0.05, 0) is 31.2 Å². The first kappa shape index (κ1) is 14.0.